The molecule has 0 N–H and O–H groups in total. The van der Waals surface area contributed by atoms with Crippen LogP contribution < -0.4 is 0 Å². The number of carbonyl (C=O) groups excluding carboxylic acids is 2. The van der Waals surface area contributed by atoms with Crippen LogP contribution in [0.25, 0.3) is 0 Å². The maximum atomic E-state index is 11.3. The molecule has 1 aromatic carbocycles. The molecule has 0 saturated carbocycles. The highest BCUT2D eigenvalue weighted by molar-refractivity contribution is 5.94. The summed E-state index contributed by atoms with van der Waals surface area (Å²) in [7, 11) is 0. The Morgan fingerprint density at radius 2 is 2.21 bits per heavy atom. The van der Waals surface area contributed by atoms with Gasteiger partial charge in [0.15, 0.2) is 0 Å². The van der Waals surface area contributed by atoms with Crippen molar-refractivity contribution in [3.63, 3.8) is 0 Å². The van der Waals surface area contributed by atoms with Gasteiger partial charge in [0.05, 0.1) is 5.56 Å². The fourth-order valence-electron chi connectivity index (χ4n) is 1.39. The Kier molecular flexibility index (Phi) is 3.40. The number of esters is 1. The van der Waals surface area contributed by atoms with Gasteiger partial charge in [0.2, 0.25) is 0 Å². The Labute approximate surface area is 82.7 Å². The molecule has 0 fully saturated rings. The number of aryl methyl sites for hydroxylation is 1. The van der Waals surface area contributed by atoms with E-state index in [1.807, 2.05) is 19.9 Å². The van der Waals surface area contributed by atoms with E-state index in [0.29, 0.717) is 5.56 Å². The first kappa shape index (κ1) is 10.4. The molecule has 0 saturated heterocycles. The van der Waals surface area contributed by atoms with Gasteiger partial charge in [0, 0.05) is 0 Å². The molecule has 0 spiro atoms. The van der Waals surface area contributed by atoms with Crippen LogP contribution >= 0.6 is 0 Å². The van der Waals surface area contributed by atoms with Crippen molar-refractivity contribution in [1.82, 2.24) is 0 Å². The van der Waals surface area contributed by atoms with Crippen molar-refractivity contribution in [3.8, 4) is 0 Å². The molecule has 0 bridgehead atoms. The summed E-state index contributed by atoms with van der Waals surface area (Å²) < 4.78 is 4.29. The predicted octanol–water partition coefficient (Wildman–Crippen LogP) is 1.87. The number of hydrogen-bond donors (Lipinski definition) is 0. The highest BCUT2D eigenvalue weighted by Gasteiger charge is 2.11. The van der Waals surface area contributed by atoms with Crippen molar-refractivity contribution >= 4 is 12.4 Å². The lowest BCUT2D eigenvalue weighted by molar-refractivity contribution is -0.123. The lowest BCUT2D eigenvalue weighted by Gasteiger charge is -2.06. The van der Waals surface area contributed by atoms with Gasteiger partial charge in [0.1, 0.15) is 0 Å². The van der Waals surface area contributed by atoms with Crippen molar-refractivity contribution in [1.29, 1.82) is 0 Å². The van der Waals surface area contributed by atoms with Crippen molar-refractivity contribution in [3.05, 3.63) is 34.9 Å². The number of carbonyl (C=O) groups is 2. The molecule has 1 rings (SSSR count). The molecular formula is C11H12O3. The van der Waals surface area contributed by atoms with Gasteiger partial charge in [-0.15, -0.1) is 0 Å². The Hall–Kier alpha value is -1.64. The summed E-state index contributed by atoms with van der Waals surface area (Å²) in [6.45, 7) is 4.01. The zero-order valence-corrected chi connectivity index (χ0v) is 8.24. The molecule has 0 aliphatic rings. The summed E-state index contributed by atoms with van der Waals surface area (Å²) in [5, 5.41) is 0. The Morgan fingerprint density at radius 1 is 1.50 bits per heavy atom. The lowest BCUT2D eigenvalue weighted by atomic mass is 10.0. The minimum absolute atomic E-state index is 0.153. The lowest BCUT2D eigenvalue weighted by Crippen LogP contribution is -2.06. The number of rotatable bonds is 3. The first-order chi connectivity index (χ1) is 6.70. The molecule has 0 aliphatic carbocycles. The largest absolute Gasteiger partial charge is 0.392 e. The van der Waals surface area contributed by atoms with Gasteiger partial charge in [-0.3, -0.25) is 4.79 Å². The highest BCUT2D eigenvalue weighted by atomic mass is 16.6. The van der Waals surface area contributed by atoms with Gasteiger partial charge < -0.3 is 4.74 Å². The minimum Gasteiger partial charge on any atom is -0.392 e. The maximum Gasteiger partial charge on any atom is 0.345 e. The molecular weight excluding hydrogens is 180 g/mol. The second kappa shape index (κ2) is 4.56. The molecule has 0 radical (unpaired) electrons. The van der Waals surface area contributed by atoms with Crippen LogP contribution in [-0.4, -0.2) is 12.4 Å². The van der Waals surface area contributed by atoms with Gasteiger partial charge in [-0.1, -0.05) is 19.1 Å². The molecule has 0 heterocycles. The third-order valence-electron chi connectivity index (χ3n) is 2.20. The van der Waals surface area contributed by atoms with Crippen LogP contribution in [0, 0.1) is 6.92 Å². The van der Waals surface area contributed by atoms with Gasteiger partial charge in [0.25, 0.3) is 0 Å². The number of hydrogen-bond acceptors (Lipinski definition) is 3. The van der Waals surface area contributed by atoms with Gasteiger partial charge in [-0.25, -0.2) is 4.79 Å². The minimum atomic E-state index is -0.590. The average Bonchev–Trinajstić information content (AvgIpc) is 2.18. The van der Waals surface area contributed by atoms with E-state index in [9.17, 15) is 9.59 Å². The molecule has 0 aromatic heterocycles. The van der Waals surface area contributed by atoms with Crippen LogP contribution in [0.2, 0.25) is 0 Å². The first-order valence-corrected chi connectivity index (χ1v) is 4.43. The van der Waals surface area contributed by atoms with Crippen molar-refractivity contribution in [2.24, 2.45) is 0 Å². The standard InChI is InChI=1S/C11H12O3/c1-3-9-5-4-6-10(8(9)2)11(13)14-7-12/h4-7H,3H2,1-2H3. The van der Waals surface area contributed by atoms with Crippen molar-refractivity contribution < 1.29 is 14.3 Å². The van der Waals surface area contributed by atoms with E-state index in [-0.39, 0.29) is 6.47 Å². The van der Waals surface area contributed by atoms with Crippen molar-refractivity contribution in [2.45, 2.75) is 20.3 Å². The van der Waals surface area contributed by atoms with Gasteiger partial charge in [-0.05, 0) is 30.5 Å². The smallest absolute Gasteiger partial charge is 0.345 e. The second-order valence-electron chi connectivity index (χ2n) is 2.94. The van der Waals surface area contributed by atoms with Gasteiger partial charge in [-0.2, -0.15) is 0 Å². The van der Waals surface area contributed by atoms with E-state index in [1.165, 1.54) is 0 Å². The SMILES string of the molecule is CCc1cccc(C(=O)OC=O)c1C. The average molecular weight is 192 g/mol. The third-order valence-corrected chi connectivity index (χ3v) is 2.20. The molecule has 74 valence electrons. The van der Waals surface area contributed by atoms with Crippen LogP contribution in [0.4, 0.5) is 0 Å². The van der Waals surface area contributed by atoms with Crippen LogP contribution in [0.15, 0.2) is 18.2 Å². The summed E-state index contributed by atoms with van der Waals surface area (Å²) in [6.07, 6.45) is 0.855. The first-order valence-electron chi connectivity index (χ1n) is 4.43. The van der Waals surface area contributed by atoms with Crippen molar-refractivity contribution in [2.75, 3.05) is 0 Å². The molecule has 1 aromatic rings. The summed E-state index contributed by atoms with van der Waals surface area (Å²) in [5.41, 5.74) is 2.42. The predicted molar refractivity (Wildman–Crippen MR) is 52.0 cm³/mol. The highest BCUT2D eigenvalue weighted by Crippen LogP contribution is 2.14. The zero-order valence-electron chi connectivity index (χ0n) is 8.24. The fourth-order valence-corrected chi connectivity index (χ4v) is 1.39. The van der Waals surface area contributed by atoms with Crippen LogP contribution in [-0.2, 0) is 16.0 Å². The molecule has 3 nitrogen and oxygen atoms in total. The Morgan fingerprint density at radius 3 is 2.79 bits per heavy atom. The normalized spacial score (nSPS) is 9.57. The molecule has 0 unspecified atom stereocenters. The molecule has 0 atom stereocenters. The van der Waals surface area contributed by atoms with E-state index in [1.54, 1.807) is 12.1 Å². The van der Waals surface area contributed by atoms with Crippen LogP contribution in [0.3, 0.4) is 0 Å². The Bertz CT molecular complexity index is 356. The number of benzene rings is 1. The summed E-state index contributed by atoms with van der Waals surface area (Å²) in [6, 6.07) is 5.39. The molecule has 14 heavy (non-hydrogen) atoms. The van der Waals surface area contributed by atoms with E-state index in [4.69, 9.17) is 0 Å². The third kappa shape index (κ3) is 1.99. The Balaban J connectivity index is 3.08. The summed E-state index contributed by atoms with van der Waals surface area (Å²) >= 11 is 0. The molecule has 0 amide bonds. The van der Waals surface area contributed by atoms with Gasteiger partial charge >= 0.3 is 12.4 Å². The molecule has 0 aliphatic heterocycles. The monoisotopic (exact) mass is 192 g/mol. The summed E-state index contributed by atoms with van der Waals surface area (Å²) in [5.74, 6) is -0.590. The van der Waals surface area contributed by atoms with Crippen LogP contribution in [0.1, 0.15) is 28.4 Å². The van der Waals surface area contributed by atoms with Crippen LogP contribution in [0.5, 0.6) is 0 Å². The topological polar surface area (TPSA) is 43.4 Å². The van der Waals surface area contributed by atoms with E-state index in [2.05, 4.69) is 4.74 Å². The van der Waals surface area contributed by atoms with E-state index < -0.39 is 5.97 Å². The molecule has 3 heteroatoms. The summed E-state index contributed by atoms with van der Waals surface area (Å²) in [4.78, 5) is 21.3. The van der Waals surface area contributed by atoms with E-state index >= 15 is 0 Å². The zero-order chi connectivity index (χ0) is 10.6. The quantitative estimate of drug-likeness (QED) is 0.417. The number of ether oxygens (including phenoxy) is 1. The second-order valence-corrected chi connectivity index (χ2v) is 2.94. The maximum absolute atomic E-state index is 11.3. The fraction of sp³-hybridized carbons (Fsp3) is 0.273. The van der Waals surface area contributed by atoms with E-state index in [0.717, 1.165) is 17.5 Å².